The summed E-state index contributed by atoms with van der Waals surface area (Å²) in [5.74, 6) is 0.971. The molecule has 3 heteroatoms. The van der Waals surface area contributed by atoms with E-state index in [4.69, 9.17) is 4.74 Å². The quantitative estimate of drug-likeness (QED) is 0.715. The van der Waals surface area contributed by atoms with E-state index in [1.807, 2.05) is 24.3 Å². The highest BCUT2D eigenvalue weighted by Gasteiger charge is 2.16. The summed E-state index contributed by atoms with van der Waals surface area (Å²) in [5.41, 5.74) is 2.47. The Morgan fingerprint density at radius 1 is 1.06 bits per heavy atom. The zero-order chi connectivity index (χ0) is 12.4. The maximum Gasteiger partial charge on any atom is 0.134 e. The maximum atomic E-state index is 5.70. The molecule has 0 N–H and O–H groups in total. The molecular formula is C15H11BrOS. The number of benzene rings is 2. The van der Waals surface area contributed by atoms with E-state index in [1.165, 1.54) is 16.0 Å². The molecule has 0 amide bonds. The second kappa shape index (κ2) is 5.21. The zero-order valence-electron chi connectivity index (χ0n) is 9.60. The fourth-order valence-electron chi connectivity index (χ4n) is 1.85. The highest BCUT2D eigenvalue weighted by molar-refractivity contribution is 9.10. The molecule has 0 bridgehead atoms. The van der Waals surface area contributed by atoms with Gasteiger partial charge in [0, 0.05) is 25.9 Å². The summed E-state index contributed by atoms with van der Waals surface area (Å²) in [7, 11) is 0. The maximum absolute atomic E-state index is 5.70. The molecule has 2 aromatic carbocycles. The molecular weight excluding hydrogens is 308 g/mol. The van der Waals surface area contributed by atoms with E-state index < -0.39 is 0 Å². The van der Waals surface area contributed by atoms with Gasteiger partial charge in [0.05, 0.1) is 0 Å². The number of halogens is 1. The Morgan fingerprint density at radius 3 is 2.67 bits per heavy atom. The van der Waals surface area contributed by atoms with Gasteiger partial charge >= 0.3 is 0 Å². The van der Waals surface area contributed by atoms with Crippen LogP contribution in [0.5, 0.6) is 0 Å². The van der Waals surface area contributed by atoms with Crippen LogP contribution in [-0.4, -0.2) is 0 Å². The van der Waals surface area contributed by atoms with Crippen LogP contribution in [0.1, 0.15) is 11.1 Å². The zero-order valence-corrected chi connectivity index (χ0v) is 12.0. The van der Waals surface area contributed by atoms with E-state index in [0.29, 0.717) is 6.61 Å². The van der Waals surface area contributed by atoms with Gasteiger partial charge in [0.25, 0.3) is 0 Å². The van der Waals surface area contributed by atoms with Gasteiger partial charge < -0.3 is 4.74 Å². The lowest BCUT2D eigenvalue weighted by molar-refractivity contribution is 0.286. The van der Waals surface area contributed by atoms with E-state index in [2.05, 4.69) is 45.6 Å². The van der Waals surface area contributed by atoms with Crippen LogP contribution in [0.15, 0.2) is 63.3 Å². The van der Waals surface area contributed by atoms with Crippen molar-refractivity contribution in [2.45, 2.75) is 11.5 Å². The van der Waals surface area contributed by atoms with Gasteiger partial charge in [-0.05, 0) is 24.3 Å². The molecule has 0 saturated heterocycles. The molecule has 1 nitrogen and oxygen atoms in total. The number of hydrogen-bond donors (Lipinski definition) is 0. The van der Waals surface area contributed by atoms with Crippen molar-refractivity contribution in [1.82, 2.24) is 0 Å². The van der Waals surface area contributed by atoms with Crippen LogP contribution >= 0.6 is 27.7 Å². The van der Waals surface area contributed by atoms with Crippen LogP contribution in [0, 0.1) is 0 Å². The molecule has 0 saturated carbocycles. The summed E-state index contributed by atoms with van der Waals surface area (Å²) < 4.78 is 6.80. The first-order chi connectivity index (χ1) is 8.83. The van der Waals surface area contributed by atoms with Gasteiger partial charge in [-0.3, -0.25) is 0 Å². The average molecular weight is 319 g/mol. The first-order valence-electron chi connectivity index (χ1n) is 5.66. The summed E-state index contributed by atoms with van der Waals surface area (Å²) in [6.45, 7) is 0.683. The molecule has 0 aliphatic carbocycles. The van der Waals surface area contributed by atoms with E-state index >= 15 is 0 Å². The average Bonchev–Trinajstić information content (AvgIpc) is 2.82. The number of ether oxygens (including phenoxy) is 1. The van der Waals surface area contributed by atoms with Crippen LogP contribution in [0.4, 0.5) is 0 Å². The highest BCUT2D eigenvalue weighted by Crippen LogP contribution is 2.33. The predicted octanol–water partition coefficient (Wildman–Crippen LogP) is 5.07. The van der Waals surface area contributed by atoms with Crippen LogP contribution < -0.4 is 0 Å². The molecule has 1 aliphatic rings. The summed E-state index contributed by atoms with van der Waals surface area (Å²) in [6, 6.07) is 16.6. The molecule has 0 unspecified atom stereocenters. The van der Waals surface area contributed by atoms with Gasteiger partial charge in [-0.2, -0.15) is 0 Å². The third-order valence-corrected chi connectivity index (χ3v) is 4.19. The van der Waals surface area contributed by atoms with E-state index in [9.17, 15) is 0 Å². The SMILES string of the molecule is Brc1ccc(S/C=C2\OCc3ccccc32)cc1. The van der Waals surface area contributed by atoms with Crippen molar-refractivity contribution in [3.05, 3.63) is 69.5 Å². The molecule has 0 fully saturated rings. The van der Waals surface area contributed by atoms with Gasteiger partial charge in [0.1, 0.15) is 12.4 Å². The van der Waals surface area contributed by atoms with Crippen molar-refractivity contribution >= 4 is 33.5 Å². The van der Waals surface area contributed by atoms with Crippen LogP contribution in [0.25, 0.3) is 5.76 Å². The number of rotatable bonds is 2. The van der Waals surface area contributed by atoms with Gasteiger partial charge in [-0.25, -0.2) is 0 Å². The number of thioether (sulfide) groups is 1. The Morgan fingerprint density at radius 2 is 1.83 bits per heavy atom. The molecule has 2 aromatic rings. The minimum atomic E-state index is 0.683. The second-order valence-corrected chi connectivity index (χ2v) is 5.86. The lowest BCUT2D eigenvalue weighted by Crippen LogP contribution is -1.78. The molecule has 90 valence electrons. The first-order valence-corrected chi connectivity index (χ1v) is 7.34. The Labute approximate surface area is 119 Å². The van der Waals surface area contributed by atoms with Gasteiger partial charge in [0.15, 0.2) is 0 Å². The Hall–Kier alpha value is -1.19. The monoisotopic (exact) mass is 318 g/mol. The van der Waals surface area contributed by atoms with Crippen molar-refractivity contribution in [3.63, 3.8) is 0 Å². The van der Waals surface area contributed by atoms with E-state index in [-0.39, 0.29) is 0 Å². The third kappa shape index (κ3) is 2.47. The lowest BCUT2D eigenvalue weighted by atomic mass is 10.1. The summed E-state index contributed by atoms with van der Waals surface area (Å²) >= 11 is 5.12. The molecule has 0 aromatic heterocycles. The standard InChI is InChI=1S/C15H11BrOS/c16-12-5-7-13(8-6-12)18-10-15-14-4-2-1-3-11(14)9-17-15/h1-8,10H,9H2/b15-10-. The lowest BCUT2D eigenvalue weighted by Gasteiger charge is -2.00. The largest absolute Gasteiger partial charge is 0.488 e. The van der Waals surface area contributed by atoms with Gasteiger partial charge in [0.2, 0.25) is 0 Å². The summed E-state index contributed by atoms with van der Waals surface area (Å²) in [5, 5.41) is 2.08. The Balaban J connectivity index is 1.80. The van der Waals surface area contributed by atoms with Gasteiger partial charge in [-0.1, -0.05) is 52.0 Å². The normalized spacial score (nSPS) is 15.5. The van der Waals surface area contributed by atoms with Crippen LogP contribution in [0.2, 0.25) is 0 Å². The third-order valence-electron chi connectivity index (χ3n) is 2.78. The van der Waals surface area contributed by atoms with Crippen molar-refractivity contribution in [2.75, 3.05) is 0 Å². The molecule has 0 radical (unpaired) electrons. The fraction of sp³-hybridized carbons (Fsp3) is 0.0667. The second-order valence-electron chi connectivity index (χ2n) is 4.00. The molecule has 1 aliphatic heterocycles. The topological polar surface area (TPSA) is 9.23 Å². The van der Waals surface area contributed by atoms with Crippen LogP contribution in [-0.2, 0) is 11.3 Å². The number of fused-ring (bicyclic) bond motifs is 1. The molecule has 3 rings (SSSR count). The smallest absolute Gasteiger partial charge is 0.134 e. The highest BCUT2D eigenvalue weighted by atomic mass is 79.9. The molecule has 18 heavy (non-hydrogen) atoms. The Kier molecular flexibility index (Phi) is 3.43. The van der Waals surface area contributed by atoms with Gasteiger partial charge in [-0.15, -0.1) is 0 Å². The summed E-state index contributed by atoms with van der Waals surface area (Å²) in [4.78, 5) is 1.21. The minimum absolute atomic E-state index is 0.683. The van der Waals surface area contributed by atoms with Crippen molar-refractivity contribution < 1.29 is 4.74 Å². The fourth-order valence-corrected chi connectivity index (χ4v) is 2.85. The van der Waals surface area contributed by atoms with Crippen molar-refractivity contribution in [2.24, 2.45) is 0 Å². The molecule has 0 atom stereocenters. The van der Waals surface area contributed by atoms with E-state index in [1.54, 1.807) is 11.8 Å². The van der Waals surface area contributed by atoms with Crippen molar-refractivity contribution in [3.8, 4) is 0 Å². The number of hydrogen-bond acceptors (Lipinski definition) is 2. The summed E-state index contributed by atoms with van der Waals surface area (Å²) in [6.07, 6.45) is 0. The minimum Gasteiger partial charge on any atom is -0.488 e. The van der Waals surface area contributed by atoms with Crippen LogP contribution in [0.3, 0.4) is 0 Å². The van der Waals surface area contributed by atoms with E-state index in [0.717, 1.165) is 10.2 Å². The predicted molar refractivity (Wildman–Crippen MR) is 79.2 cm³/mol. The molecule has 0 spiro atoms. The Bertz CT molecular complexity index is 590. The first kappa shape index (κ1) is 11.9. The molecule has 1 heterocycles. The van der Waals surface area contributed by atoms with Crippen molar-refractivity contribution in [1.29, 1.82) is 0 Å².